The van der Waals surface area contributed by atoms with Gasteiger partial charge in [-0.2, -0.15) is 13.2 Å². The molecule has 0 radical (unpaired) electrons. The van der Waals surface area contributed by atoms with Gasteiger partial charge < -0.3 is 14.6 Å². The molecule has 0 aromatic heterocycles. The van der Waals surface area contributed by atoms with Crippen molar-refractivity contribution in [3.8, 4) is 5.75 Å². The zero-order valence-electron chi connectivity index (χ0n) is 9.91. The minimum absolute atomic E-state index is 0.410. The van der Waals surface area contributed by atoms with Crippen LogP contribution in [-0.4, -0.2) is 31.1 Å². The number of ether oxygens (including phenoxy) is 2. The Balaban J connectivity index is 2.58. The maximum Gasteiger partial charge on any atom is 0.411 e. The lowest BCUT2D eigenvalue weighted by Gasteiger charge is -2.16. The van der Waals surface area contributed by atoms with E-state index < -0.39 is 25.5 Å². The van der Waals surface area contributed by atoms with Crippen LogP contribution in [0.25, 0.3) is 0 Å². The Morgan fingerprint density at radius 2 is 1.94 bits per heavy atom. The summed E-state index contributed by atoms with van der Waals surface area (Å²) in [5.74, 6) is 0.447. The van der Waals surface area contributed by atoms with Crippen molar-refractivity contribution in [1.29, 1.82) is 0 Å². The molecule has 3 nitrogen and oxygen atoms in total. The van der Waals surface area contributed by atoms with Crippen LogP contribution in [0.1, 0.15) is 18.6 Å². The van der Waals surface area contributed by atoms with Crippen LogP contribution >= 0.6 is 0 Å². The molecule has 0 fully saturated rings. The van der Waals surface area contributed by atoms with Crippen LogP contribution in [0.5, 0.6) is 5.75 Å². The fourth-order valence-corrected chi connectivity index (χ4v) is 1.42. The summed E-state index contributed by atoms with van der Waals surface area (Å²) in [6.07, 6.45) is -5.53. The van der Waals surface area contributed by atoms with Gasteiger partial charge in [-0.05, 0) is 13.0 Å². The molecule has 0 aliphatic rings. The van der Waals surface area contributed by atoms with Gasteiger partial charge in [0.1, 0.15) is 18.5 Å². The molecule has 1 unspecified atom stereocenters. The highest BCUT2D eigenvalue weighted by Gasteiger charge is 2.28. The first-order valence-electron chi connectivity index (χ1n) is 5.48. The second-order valence-electron chi connectivity index (χ2n) is 3.62. The van der Waals surface area contributed by atoms with Gasteiger partial charge in [0.25, 0.3) is 0 Å². The van der Waals surface area contributed by atoms with E-state index in [1.54, 1.807) is 31.2 Å². The summed E-state index contributed by atoms with van der Waals surface area (Å²) in [4.78, 5) is 0. The molecule has 0 bridgehead atoms. The van der Waals surface area contributed by atoms with Gasteiger partial charge in [0.05, 0.1) is 13.2 Å². The number of para-hydroxylation sites is 1. The van der Waals surface area contributed by atoms with E-state index in [1.807, 2.05) is 0 Å². The van der Waals surface area contributed by atoms with Crippen LogP contribution in [-0.2, 0) is 4.74 Å². The fourth-order valence-electron chi connectivity index (χ4n) is 1.42. The second kappa shape index (κ2) is 6.61. The third kappa shape index (κ3) is 4.93. The standard InChI is InChI=1S/C12H15F3O3/c1-2-18-11-6-4-3-5-9(11)10(16)7-17-8-12(13,14)15/h3-6,10,16H,2,7-8H2,1H3. The number of alkyl halides is 3. The number of rotatable bonds is 6. The largest absolute Gasteiger partial charge is 0.493 e. The highest BCUT2D eigenvalue weighted by Crippen LogP contribution is 2.25. The number of aliphatic hydroxyl groups is 1. The molecule has 18 heavy (non-hydrogen) atoms. The van der Waals surface area contributed by atoms with Crippen LogP contribution in [0.3, 0.4) is 0 Å². The summed E-state index contributed by atoms with van der Waals surface area (Å²) in [5.41, 5.74) is 0.418. The number of aliphatic hydroxyl groups excluding tert-OH is 1. The zero-order valence-corrected chi connectivity index (χ0v) is 9.91. The van der Waals surface area contributed by atoms with Gasteiger partial charge in [0.15, 0.2) is 0 Å². The summed E-state index contributed by atoms with van der Waals surface area (Å²) in [5, 5.41) is 9.75. The Kier molecular flexibility index (Phi) is 5.43. The number of hydrogen-bond acceptors (Lipinski definition) is 3. The van der Waals surface area contributed by atoms with E-state index in [1.165, 1.54) is 0 Å². The first-order valence-corrected chi connectivity index (χ1v) is 5.48. The fraction of sp³-hybridized carbons (Fsp3) is 0.500. The summed E-state index contributed by atoms with van der Waals surface area (Å²) >= 11 is 0. The van der Waals surface area contributed by atoms with E-state index in [2.05, 4.69) is 4.74 Å². The molecular formula is C12H15F3O3. The highest BCUT2D eigenvalue weighted by molar-refractivity contribution is 5.35. The van der Waals surface area contributed by atoms with Gasteiger partial charge in [-0.25, -0.2) is 0 Å². The van der Waals surface area contributed by atoms with Gasteiger partial charge in [0, 0.05) is 5.56 Å². The molecule has 0 spiro atoms. The van der Waals surface area contributed by atoms with Crippen LogP contribution in [0.2, 0.25) is 0 Å². The normalized spacial score (nSPS) is 13.4. The Morgan fingerprint density at radius 1 is 1.28 bits per heavy atom. The molecule has 0 aliphatic heterocycles. The van der Waals surface area contributed by atoms with Crippen molar-refractivity contribution < 1.29 is 27.8 Å². The molecule has 6 heteroatoms. The van der Waals surface area contributed by atoms with Gasteiger partial charge in [-0.3, -0.25) is 0 Å². The molecule has 1 rings (SSSR count). The minimum atomic E-state index is -4.39. The monoisotopic (exact) mass is 264 g/mol. The maximum absolute atomic E-state index is 11.9. The van der Waals surface area contributed by atoms with Crippen molar-refractivity contribution in [3.05, 3.63) is 29.8 Å². The lowest BCUT2D eigenvalue weighted by Crippen LogP contribution is -2.20. The Morgan fingerprint density at radius 3 is 2.56 bits per heavy atom. The van der Waals surface area contributed by atoms with Crippen LogP contribution < -0.4 is 4.74 Å². The third-order valence-corrected chi connectivity index (χ3v) is 2.12. The average molecular weight is 264 g/mol. The average Bonchev–Trinajstić information content (AvgIpc) is 2.28. The topological polar surface area (TPSA) is 38.7 Å². The second-order valence-corrected chi connectivity index (χ2v) is 3.62. The van der Waals surface area contributed by atoms with E-state index in [9.17, 15) is 18.3 Å². The van der Waals surface area contributed by atoms with Gasteiger partial charge in [0.2, 0.25) is 0 Å². The van der Waals surface area contributed by atoms with E-state index in [0.29, 0.717) is 17.9 Å². The summed E-state index contributed by atoms with van der Waals surface area (Å²) in [6.45, 7) is 0.390. The molecule has 1 atom stereocenters. The number of benzene rings is 1. The van der Waals surface area contributed by atoms with Crippen LogP contribution in [0.15, 0.2) is 24.3 Å². The Labute approximate surface area is 103 Å². The SMILES string of the molecule is CCOc1ccccc1C(O)COCC(F)(F)F. The molecule has 102 valence electrons. The number of hydrogen-bond donors (Lipinski definition) is 1. The van der Waals surface area contributed by atoms with Crippen molar-refractivity contribution in [2.45, 2.75) is 19.2 Å². The molecule has 0 aliphatic carbocycles. The molecular weight excluding hydrogens is 249 g/mol. The molecule has 1 N–H and O–H groups in total. The van der Waals surface area contributed by atoms with Gasteiger partial charge in [-0.1, -0.05) is 18.2 Å². The zero-order chi connectivity index (χ0) is 13.6. The van der Waals surface area contributed by atoms with Crippen LogP contribution in [0, 0.1) is 0 Å². The summed E-state index contributed by atoms with van der Waals surface area (Å²) < 4.78 is 45.3. The maximum atomic E-state index is 11.9. The first kappa shape index (κ1) is 14.8. The summed E-state index contributed by atoms with van der Waals surface area (Å²) in [7, 11) is 0. The molecule has 0 amide bonds. The Hall–Kier alpha value is -1.27. The highest BCUT2D eigenvalue weighted by atomic mass is 19.4. The lowest BCUT2D eigenvalue weighted by molar-refractivity contribution is -0.179. The lowest BCUT2D eigenvalue weighted by atomic mass is 10.1. The van der Waals surface area contributed by atoms with Crippen molar-refractivity contribution in [1.82, 2.24) is 0 Å². The molecule has 0 saturated heterocycles. The minimum Gasteiger partial charge on any atom is -0.493 e. The molecule has 1 aromatic rings. The predicted molar refractivity (Wildman–Crippen MR) is 59.4 cm³/mol. The van der Waals surface area contributed by atoms with E-state index in [4.69, 9.17) is 4.74 Å². The quantitative estimate of drug-likeness (QED) is 0.858. The molecule has 1 aromatic carbocycles. The van der Waals surface area contributed by atoms with Crippen molar-refractivity contribution in [2.24, 2.45) is 0 Å². The smallest absolute Gasteiger partial charge is 0.411 e. The summed E-state index contributed by atoms with van der Waals surface area (Å²) in [6, 6.07) is 6.63. The first-order chi connectivity index (χ1) is 8.44. The third-order valence-electron chi connectivity index (χ3n) is 2.12. The van der Waals surface area contributed by atoms with Crippen molar-refractivity contribution in [2.75, 3.05) is 19.8 Å². The van der Waals surface area contributed by atoms with E-state index >= 15 is 0 Å². The van der Waals surface area contributed by atoms with Gasteiger partial charge in [-0.15, -0.1) is 0 Å². The molecule has 0 saturated carbocycles. The van der Waals surface area contributed by atoms with Gasteiger partial charge >= 0.3 is 6.18 Å². The van der Waals surface area contributed by atoms with Crippen LogP contribution in [0.4, 0.5) is 13.2 Å². The van der Waals surface area contributed by atoms with Crippen molar-refractivity contribution >= 4 is 0 Å². The molecule has 0 heterocycles. The van der Waals surface area contributed by atoms with Crippen molar-refractivity contribution in [3.63, 3.8) is 0 Å². The van der Waals surface area contributed by atoms with E-state index in [0.717, 1.165) is 0 Å². The number of halogens is 3. The predicted octanol–water partition coefficient (Wildman–Crippen LogP) is 2.70. The van der Waals surface area contributed by atoms with E-state index in [-0.39, 0.29) is 0 Å². The Bertz CT molecular complexity index is 366.